The first kappa shape index (κ1) is 16.2. The molecule has 0 saturated carbocycles. The molecule has 0 aliphatic heterocycles. The number of nitrogens with one attached hydrogen (secondary N) is 2. The number of hydrogen-bond donors (Lipinski definition) is 3. The summed E-state index contributed by atoms with van der Waals surface area (Å²) in [6.45, 7) is 0.935. The summed E-state index contributed by atoms with van der Waals surface area (Å²) in [5.74, 6) is 0.0794. The third kappa shape index (κ3) is 3.02. The number of halogens is 2. The Kier molecular flexibility index (Phi) is 4.34. The van der Waals surface area contributed by atoms with Crippen molar-refractivity contribution in [2.75, 3.05) is 11.1 Å². The van der Waals surface area contributed by atoms with Crippen LogP contribution in [0.1, 0.15) is 11.1 Å². The highest BCUT2D eigenvalue weighted by Crippen LogP contribution is 2.33. The molecule has 4 N–H and O–H groups in total. The molecule has 0 saturated heterocycles. The molecule has 3 rings (SSSR count). The summed E-state index contributed by atoms with van der Waals surface area (Å²) in [4.78, 5) is 14.4. The molecule has 3 aromatic rings. The van der Waals surface area contributed by atoms with Gasteiger partial charge in [-0.05, 0) is 30.7 Å². The molecule has 2 aromatic heterocycles. The number of pyridine rings is 1. The Morgan fingerprint density at radius 2 is 2.21 bits per heavy atom. The second-order valence-corrected chi connectivity index (χ2v) is 5.96. The van der Waals surface area contributed by atoms with Crippen molar-refractivity contribution in [1.82, 2.24) is 15.2 Å². The zero-order valence-corrected chi connectivity index (χ0v) is 14.1. The van der Waals surface area contributed by atoms with Crippen molar-refractivity contribution in [2.45, 2.75) is 13.6 Å². The van der Waals surface area contributed by atoms with Crippen molar-refractivity contribution >= 4 is 33.3 Å². The summed E-state index contributed by atoms with van der Waals surface area (Å²) in [6.07, 6.45) is 1.38. The molecule has 0 amide bonds. The zero-order chi connectivity index (χ0) is 17.3. The van der Waals surface area contributed by atoms with Crippen LogP contribution in [0.2, 0.25) is 0 Å². The van der Waals surface area contributed by atoms with Crippen molar-refractivity contribution in [1.29, 1.82) is 0 Å². The SMILES string of the molecule is Cc1cc(Br)ccc1Nc1c(-c2nnc(N)o2)c[nH]c(=O)c1CF. The molecule has 0 fully saturated rings. The number of nitrogen functional groups attached to an aromatic ring is 1. The highest BCUT2D eigenvalue weighted by molar-refractivity contribution is 9.10. The molecule has 0 unspecified atom stereocenters. The van der Waals surface area contributed by atoms with Gasteiger partial charge in [0.1, 0.15) is 6.67 Å². The van der Waals surface area contributed by atoms with Crippen LogP contribution in [0.5, 0.6) is 0 Å². The maximum atomic E-state index is 13.5. The number of aromatic nitrogens is 3. The van der Waals surface area contributed by atoms with Crippen LogP contribution in [0.3, 0.4) is 0 Å². The van der Waals surface area contributed by atoms with Gasteiger partial charge in [0.15, 0.2) is 0 Å². The van der Waals surface area contributed by atoms with E-state index < -0.39 is 12.2 Å². The van der Waals surface area contributed by atoms with Crippen LogP contribution in [0, 0.1) is 6.92 Å². The quantitative estimate of drug-likeness (QED) is 0.627. The standard InChI is InChI=1S/C15H13BrFN5O2/c1-7-4-8(16)2-3-11(7)20-12-9(5-17)13(23)19-6-10(12)14-21-22-15(18)24-14/h2-4,6H,5H2,1H3,(H2,18,22)(H2,19,20,23). The smallest absolute Gasteiger partial charge is 0.313 e. The van der Waals surface area contributed by atoms with E-state index in [0.717, 1.165) is 10.0 Å². The topological polar surface area (TPSA) is 110 Å². The fourth-order valence-corrected chi connectivity index (χ4v) is 2.73. The molecule has 0 atom stereocenters. The number of nitrogens with two attached hydrogens (primary N) is 1. The van der Waals surface area contributed by atoms with E-state index in [2.05, 4.69) is 36.4 Å². The van der Waals surface area contributed by atoms with E-state index in [-0.39, 0.29) is 23.2 Å². The first-order chi connectivity index (χ1) is 11.5. The molecular formula is C15H13BrFN5O2. The molecule has 0 radical (unpaired) electrons. The van der Waals surface area contributed by atoms with Crippen LogP contribution in [-0.2, 0) is 6.67 Å². The van der Waals surface area contributed by atoms with Crippen molar-refractivity contribution in [2.24, 2.45) is 0 Å². The number of nitrogens with zero attached hydrogens (tertiary/aromatic N) is 2. The van der Waals surface area contributed by atoms with E-state index in [1.807, 2.05) is 25.1 Å². The van der Waals surface area contributed by atoms with Crippen LogP contribution in [0.25, 0.3) is 11.5 Å². The molecule has 0 spiro atoms. The van der Waals surface area contributed by atoms with Crippen molar-refractivity contribution < 1.29 is 8.81 Å². The first-order valence-electron chi connectivity index (χ1n) is 6.92. The van der Waals surface area contributed by atoms with Crippen LogP contribution in [-0.4, -0.2) is 15.2 Å². The summed E-state index contributed by atoms with van der Waals surface area (Å²) >= 11 is 3.39. The Bertz CT molecular complexity index is 953. The van der Waals surface area contributed by atoms with Gasteiger partial charge in [-0.25, -0.2) is 4.39 Å². The molecule has 2 heterocycles. The van der Waals surface area contributed by atoms with Gasteiger partial charge in [-0.3, -0.25) is 4.79 Å². The van der Waals surface area contributed by atoms with Gasteiger partial charge in [-0.2, -0.15) is 0 Å². The summed E-state index contributed by atoms with van der Waals surface area (Å²) in [5, 5.41) is 10.5. The lowest BCUT2D eigenvalue weighted by molar-refractivity contribution is 0.483. The lowest BCUT2D eigenvalue weighted by Crippen LogP contribution is -2.15. The third-order valence-corrected chi connectivity index (χ3v) is 3.94. The van der Waals surface area contributed by atoms with Gasteiger partial charge in [-0.1, -0.05) is 21.0 Å². The minimum Gasteiger partial charge on any atom is -0.403 e. The lowest BCUT2D eigenvalue weighted by atomic mass is 10.1. The van der Waals surface area contributed by atoms with E-state index in [9.17, 15) is 9.18 Å². The average molecular weight is 394 g/mol. The normalized spacial score (nSPS) is 10.8. The van der Waals surface area contributed by atoms with Gasteiger partial charge in [0.25, 0.3) is 11.4 Å². The van der Waals surface area contributed by atoms with E-state index in [0.29, 0.717) is 11.3 Å². The van der Waals surface area contributed by atoms with Crippen LogP contribution < -0.4 is 16.6 Å². The number of alkyl halides is 1. The van der Waals surface area contributed by atoms with Crippen molar-refractivity contribution in [3.05, 3.63) is 50.3 Å². The number of aryl methyl sites for hydroxylation is 1. The number of hydrogen-bond acceptors (Lipinski definition) is 6. The minimum atomic E-state index is -0.954. The maximum absolute atomic E-state index is 13.5. The first-order valence-corrected chi connectivity index (χ1v) is 7.72. The number of rotatable bonds is 4. The molecule has 9 heteroatoms. The summed E-state index contributed by atoms with van der Waals surface area (Å²) in [7, 11) is 0. The van der Waals surface area contributed by atoms with Gasteiger partial charge in [0.05, 0.1) is 16.8 Å². The second-order valence-electron chi connectivity index (χ2n) is 5.05. The monoisotopic (exact) mass is 393 g/mol. The Morgan fingerprint density at radius 3 is 2.83 bits per heavy atom. The molecule has 24 heavy (non-hydrogen) atoms. The fourth-order valence-electron chi connectivity index (χ4n) is 2.26. The predicted octanol–water partition coefficient (Wildman–Crippen LogP) is 3.29. The Hall–Kier alpha value is -2.68. The number of anilines is 3. The van der Waals surface area contributed by atoms with E-state index >= 15 is 0 Å². The van der Waals surface area contributed by atoms with E-state index in [4.69, 9.17) is 10.2 Å². The van der Waals surface area contributed by atoms with Crippen LogP contribution >= 0.6 is 15.9 Å². The largest absolute Gasteiger partial charge is 0.403 e. The Labute approximate surface area is 144 Å². The summed E-state index contributed by atoms with van der Waals surface area (Å²) in [5.41, 5.74) is 7.09. The van der Waals surface area contributed by atoms with Gasteiger partial charge >= 0.3 is 6.01 Å². The van der Waals surface area contributed by atoms with Crippen LogP contribution in [0.4, 0.5) is 21.8 Å². The number of H-pyrrole nitrogens is 1. The molecular weight excluding hydrogens is 381 g/mol. The fraction of sp³-hybridized carbons (Fsp3) is 0.133. The predicted molar refractivity (Wildman–Crippen MR) is 91.7 cm³/mol. The highest BCUT2D eigenvalue weighted by Gasteiger charge is 2.19. The molecule has 0 bridgehead atoms. The third-order valence-electron chi connectivity index (χ3n) is 3.45. The lowest BCUT2D eigenvalue weighted by Gasteiger charge is -2.15. The van der Waals surface area contributed by atoms with Crippen LogP contribution in [0.15, 0.2) is 38.1 Å². The number of aromatic amines is 1. The average Bonchev–Trinajstić information content (AvgIpc) is 2.96. The zero-order valence-electron chi connectivity index (χ0n) is 12.6. The van der Waals surface area contributed by atoms with Gasteiger partial charge in [-0.15, -0.1) is 5.10 Å². The molecule has 124 valence electrons. The summed E-state index contributed by atoms with van der Waals surface area (Å²) in [6, 6.07) is 5.43. The molecule has 1 aromatic carbocycles. The molecule has 0 aliphatic rings. The van der Waals surface area contributed by atoms with Gasteiger partial charge < -0.3 is 20.5 Å². The molecule has 0 aliphatic carbocycles. The number of benzene rings is 1. The maximum Gasteiger partial charge on any atom is 0.313 e. The summed E-state index contributed by atoms with van der Waals surface area (Å²) < 4.78 is 19.6. The Morgan fingerprint density at radius 1 is 1.42 bits per heavy atom. The minimum absolute atomic E-state index is 0.0633. The second kappa shape index (κ2) is 6.44. The molecule has 7 nitrogen and oxygen atoms in total. The van der Waals surface area contributed by atoms with E-state index in [1.165, 1.54) is 6.20 Å². The Balaban J connectivity index is 2.17. The van der Waals surface area contributed by atoms with Crippen molar-refractivity contribution in [3.8, 4) is 11.5 Å². The van der Waals surface area contributed by atoms with Gasteiger partial charge in [0, 0.05) is 16.4 Å². The highest BCUT2D eigenvalue weighted by atomic mass is 79.9. The van der Waals surface area contributed by atoms with Gasteiger partial charge in [0.2, 0.25) is 0 Å². The van der Waals surface area contributed by atoms with E-state index in [1.54, 1.807) is 0 Å². The van der Waals surface area contributed by atoms with Crippen molar-refractivity contribution in [3.63, 3.8) is 0 Å².